The second-order valence-electron chi connectivity index (χ2n) is 7.43. The second kappa shape index (κ2) is 9.40. The molecule has 26 heavy (non-hydrogen) atoms. The zero-order valence-electron chi connectivity index (χ0n) is 15.9. The minimum atomic E-state index is 0.391. The predicted molar refractivity (Wildman–Crippen MR) is 108 cm³/mol. The third-order valence-electron chi connectivity index (χ3n) is 5.26. The summed E-state index contributed by atoms with van der Waals surface area (Å²) in [5, 5.41) is 0. The smallest absolute Gasteiger partial charge is 0.226 e. The standard InChI is InChI=1S/C22H29NO2S/c1-16-9-7-8-12-20(16)22-23-21(17(2)25-22)15-26-14-19(24)13-18-10-5-3-4-6-11-18/h7-9,12,18H,3-6,10-11,13-15H2,1-2H3. The Labute approximate surface area is 161 Å². The number of Topliss-reactive ketones (excluding diaryl/α,β-unsaturated/α-hetero) is 1. The van der Waals surface area contributed by atoms with Crippen molar-refractivity contribution < 1.29 is 9.21 Å². The number of thioether (sulfide) groups is 1. The summed E-state index contributed by atoms with van der Waals surface area (Å²) in [6, 6.07) is 8.12. The molecule has 140 valence electrons. The molecule has 4 heteroatoms. The Kier molecular flexibility index (Phi) is 6.95. The van der Waals surface area contributed by atoms with Gasteiger partial charge in [0.15, 0.2) is 0 Å². The molecule has 0 aliphatic heterocycles. The first kappa shape index (κ1) is 19.2. The van der Waals surface area contributed by atoms with Crippen LogP contribution >= 0.6 is 11.8 Å². The van der Waals surface area contributed by atoms with E-state index in [2.05, 4.69) is 18.0 Å². The maximum absolute atomic E-state index is 12.3. The molecule has 0 spiro atoms. The van der Waals surface area contributed by atoms with Crippen molar-refractivity contribution in [3.05, 3.63) is 41.3 Å². The monoisotopic (exact) mass is 371 g/mol. The van der Waals surface area contributed by atoms with Crippen LogP contribution in [0, 0.1) is 19.8 Å². The molecule has 0 radical (unpaired) electrons. The molecule has 0 saturated heterocycles. The van der Waals surface area contributed by atoms with Crippen LogP contribution in [0.5, 0.6) is 0 Å². The molecule has 1 aliphatic rings. The topological polar surface area (TPSA) is 43.1 Å². The lowest BCUT2D eigenvalue weighted by Crippen LogP contribution is -2.10. The highest BCUT2D eigenvalue weighted by molar-refractivity contribution is 7.99. The fourth-order valence-electron chi connectivity index (χ4n) is 3.70. The molecule has 0 N–H and O–H groups in total. The number of ketones is 1. The van der Waals surface area contributed by atoms with Crippen LogP contribution in [0.3, 0.4) is 0 Å². The molecule has 1 heterocycles. The molecule has 0 bridgehead atoms. The Morgan fingerprint density at radius 2 is 1.88 bits per heavy atom. The summed E-state index contributed by atoms with van der Waals surface area (Å²) in [6.45, 7) is 4.02. The minimum Gasteiger partial charge on any atom is -0.441 e. The van der Waals surface area contributed by atoms with Crippen molar-refractivity contribution in [3.8, 4) is 11.5 Å². The molecule has 0 amide bonds. The van der Waals surface area contributed by atoms with Crippen LogP contribution in [0.1, 0.15) is 62.0 Å². The van der Waals surface area contributed by atoms with Gasteiger partial charge in [0.2, 0.25) is 5.89 Å². The number of oxazole rings is 1. The van der Waals surface area contributed by atoms with Gasteiger partial charge in [-0.1, -0.05) is 56.7 Å². The summed E-state index contributed by atoms with van der Waals surface area (Å²) < 4.78 is 5.87. The third-order valence-corrected chi connectivity index (χ3v) is 6.26. The predicted octanol–water partition coefficient (Wildman–Crippen LogP) is 6.12. The minimum absolute atomic E-state index is 0.391. The summed E-state index contributed by atoms with van der Waals surface area (Å²) >= 11 is 1.66. The summed E-state index contributed by atoms with van der Waals surface area (Å²) in [6.07, 6.45) is 8.51. The lowest BCUT2D eigenvalue weighted by Gasteiger charge is -2.12. The number of aryl methyl sites for hydroxylation is 2. The number of hydrogen-bond donors (Lipinski definition) is 0. The van der Waals surface area contributed by atoms with Crippen LogP contribution in [0.2, 0.25) is 0 Å². The first-order valence-corrected chi connectivity index (χ1v) is 10.9. The lowest BCUT2D eigenvalue weighted by molar-refractivity contribution is -0.117. The Hall–Kier alpha value is -1.55. The van der Waals surface area contributed by atoms with E-state index in [4.69, 9.17) is 4.42 Å². The fraction of sp³-hybridized carbons (Fsp3) is 0.545. The number of carbonyl (C=O) groups is 1. The van der Waals surface area contributed by atoms with Gasteiger partial charge in [0, 0.05) is 17.7 Å². The number of rotatable bonds is 7. The van der Waals surface area contributed by atoms with Gasteiger partial charge in [-0.3, -0.25) is 4.79 Å². The van der Waals surface area contributed by atoms with Crippen molar-refractivity contribution in [1.82, 2.24) is 4.98 Å². The molecule has 3 rings (SSSR count). The SMILES string of the molecule is Cc1ccccc1-c1nc(CSCC(=O)CC2CCCCCC2)c(C)o1. The molecule has 1 aliphatic carbocycles. The Morgan fingerprint density at radius 3 is 2.62 bits per heavy atom. The van der Waals surface area contributed by atoms with Gasteiger partial charge in [-0.15, -0.1) is 11.8 Å². The first-order chi connectivity index (χ1) is 12.6. The summed E-state index contributed by atoms with van der Waals surface area (Å²) in [4.78, 5) is 17.0. The molecule has 1 saturated carbocycles. The van der Waals surface area contributed by atoms with E-state index in [1.807, 2.05) is 25.1 Å². The van der Waals surface area contributed by atoms with Crippen molar-refractivity contribution >= 4 is 17.5 Å². The molecular formula is C22H29NO2S. The second-order valence-corrected chi connectivity index (χ2v) is 8.42. The Balaban J connectivity index is 1.50. The highest BCUT2D eigenvalue weighted by Crippen LogP contribution is 2.28. The maximum atomic E-state index is 12.3. The Morgan fingerprint density at radius 1 is 1.15 bits per heavy atom. The van der Waals surface area contributed by atoms with Crippen molar-refractivity contribution in [2.45, 2.75) is 64.5 Å². The van der Waals surface area contributed by atoms with E-state index in [1.54, 1.807) is 11.8 Å². The van der Waals surface area contributed by atoms with Crippen LogP contribution < -0.4 is 0 Å². The van der Waals surface area contributed by atoms with Crippen molar-refractivity contribution in [2.75, 3.05) is 5.75 Å². The van der Waals surface area contributed by atoms with Gasteiger partial charge in [0.25, 0.3) is 0 Å². The van der Waals surface area contributed by atoms with Crippen LogP contribution in [-0.2, 0) is 10.5 Å². The van der Waals surface area contributed by atoms with Crippen molar-refractivity contribution in [1.29, 1.82) is 0 Å². The average molecular weight is 372 g/mol. The number of aromatic nitrogens is 1. The maximum Gasteiger partial charge on any atom is 0.226 e. The first-order valence-electron chi connectivity index (χ1n) is 9.75. The van der Waals surface area contributed by atoms with E-state index in [0.29, 0.717) is 23.3 Å². The largest absolute Gasteiger partial charge is 0.441 e. The number of benzene rings is 1. The van der Waals surface area contributed by atoms with Crippen LogP contribution in [0.4, 0.5) is 0 Å². The van der Waals surface area contributed by atoms with E-state index in [9.17, 15) is 4.79 Å². The average Bonchev–Trinajstić information content (AvgIpc) is 2.82. The quantitative estimate of drug-likeness (QED) is 0.550. The molecule has 0 atom stereocenters. The molecule has 0 unspecified atom stereocenters. The van der Waals surface area contributed by atoms with Crippen molar-refractivity contribution in [3.63, 3.8) is 0 Å². The number of hydrogen-bond acceptors (Lipinski definition) is 4. The molecule has 1 fully saturated rings. The lowest BCUT2D eigenvalue weighted by atomic mass is 9.95. The number of carbonyl (C=O) groups excluding carboxylic acids is 1. The van der Waals surface area contributed by atoms with Gasteiger partial charge < -0.3 is 4.42 Å². The summed E-state index contributed by atoms with van der Waals surface area (Å²) in [7, 11) is 0. The van der Waals surface area contributed by atoms with E-state index in [0.717, 1.165) is 34.8 Å². The van der Waals surface area contributed by atoms with Crippen molar-refractivity contribution in [2.24, 2.45) is 5.92 Å². The van der Waals surface area contributed by atoms with E-state index < -0.39 is 0 Å². The van der Waals surface area contributed by atoms with Gasteiger partial charge in [-0.25, -0.2) is 4.98 Å². The van der Waals surface area contributed by atoms with Crippen LogP contribution in [-0.4, -0.2) is 16.5 Å². The highest BCUT2D eigenvalue weighted by atomic mass is 32.2. The zero-order valence-corrected chi connectivity index (χ0v) is 16.7. The van der Waals surface area contributed by atoms with Gasteiger partial charge >= 0.3 is 0 Å². The van der Waals surface area contributed by atoms with Gasteiger partial charge in [-0.05, 0) is 31.4 Å². The van der Waals surface area contributed by atoms with E-state index in [-0.39, 0.29) is 0 Å². The molecule has 3 nitrogen and oxygen atoms in total. The van der Waals surface area contributed by atoms with Crippen LogP contribution in [0.25, 0.3) is 11.5 Å². The van der Waals surface area contributed by atoms with E-state index >= 15 is 0 Å². The normalized spacial score (nSPS) is 15.8. The summed E-state index contributed by atoms with van der Waals surface area (Å²) in [5.41, 5.74) is 3.15. The summed E-state index contributed by atoms with van der Waals surface area (Å²) in [5.74, 6) is 3.86. The van der Waals surface area contributed by atoms with E-state index in [1.165, 1.54) is 38.5 Å². The van der Waals surface area contributed by atoms with Gasteiger partial charge in [0.05, 0.1) is 11.4 Å². The van der Waals surface area contributed by atoms with Gasteiger partial charge in [0.1, 0.15) is 11.5 Å². The van der Waals surface area contributed by atoms with Crippen LogP contribution in [0.15, 0.2) is 28.7 Å². The highest BCUT2D eigenvalue weighted by Gasteiger charge is 2.17. The van der Waals surface area contributed by atoms with Gasteiger partial charge in [-0.2, -0.15) is 0 Å². The molecule has 1 aromatic heterocycles. The zero-order chi connectivity index (χ0) is 18.4. The molecule has 1 aromatic carbocycles. The molecule has 2 aromatic rings. The third kappa shape index (κ3) is 5.23. The fourth-order valence-corrected chi connectivity index (χ4v) is 4.61. The Bertz CT molecular complexity index is 729. The number of nitrogens with zero attached hydrogens (tertiary/aromatic N) is 1. The molecular weight excluding hydrogens is 342 g/mol.